The molecule has 0 aliphatic carbocycles. The van der Waals surface area contributed by atoms with Gasteiger partial charge in [0.05, 0.1) is 18.7 Å². The van der Waals surface area contributed by atoms with Crippen LogP contribution in [0, 0.1) is 13.8 Å². The average molecular weight is 520 g/mol. The van der Waals surface area contributed by atoms with Crippen molar-refractivity contribution in [3.05, 3.63) is 130 Å². The molecule has 0 radical (unpaired) electrons. The molecular weight excluding hydrogens is 490 g/mol. The molecule has 1 heterocycles. The summed E-state index contributed by atoms with van der Waals surface area (Å²) in [5.41, 5.74) is 4.33. The molecule has 1 saturated heterocycles. The van der Waals surface area contributed by atoms with Crippen molar-refractivity contribution in [3.63, 3.8) is 0 Å². The molecule has 0 saturated carbocycles. The molecular formula is C33H29NO5. The monoisotopic (exact) mass is 519 g/mol. The Morgan fingerprint density at radius 1 is 0.846 bits per heavy atom. The number of carbonyl (C=O) groups is 2. The summed E-state index contributed by atoms with van der Waals surface area (Å²) in [7, 11) is 1.58. The molecule has 1 unspecified atom stereocenters. The number of ketones is 1. The van der Waals surface area contributed by atoms with E-state index in [0.717, 1.165) is 16.7 Å². The molecule has 4 aromatic rings. The SMILES string of the molecule is COc1cc(C)c(/C(O)=C2\C(=O)C(=O)N(c3ccccc3)C2c2ccc(OCc3ccccc3)cc2)cc1C. The van der Waals surface area contributed by atoms with Gasteiger partial charge in [-0.25, -0.2) is 0 Å². The number of aliphatic hydroxyl groups is 1. The molecule has 0 spiro atoms. The van der Waals surface area contributed by atoms with Crippen molar-refractivity contribution in [3.8, 4) is 11.5 Å². The number of benzene rings is 4. The molecule has 0 bridgehead atoms. The van der Waals surface area contributed by atoms with E-state index in [9.17, 15) is 14.7 Å². The van der Waals surface area contributed by atoms with E-state index in [1.807, 2.05) is 92.7 Å². The molecule has 0 aromatic heterocycles. The predicted molar refractivity (Wildman–Crippen MR) is 151 cm³/mol. The summed E-state index contributed by atoms with van der Waals surface area (Å²) in [5.74, 6) is -0.319. The summed E-state index contributed by atoms with van der Waals surface area (Å²) in [6.07, 6.45) is 0. The van der Waals surface area contributed by atoms with Crippen LogP contribution < -0.4 is 14.4 Å². The molecule has 39 heavy (non-hydrogen) atoms. The van der Waals surface area contributed by atoms with Crippen molar-refractivity contribution in [2.45, 2.75) is 26.5 Å². The van der Waals surface area contributed by atoms with Crippen LogP contribution in [0.5, 0.6) is 11.5 Å². The Hall–Kier alpha value is -4.84. The van der Waals surface area contributed by atoms with Gasteiger partial charge in [-0.3, -0.25) is 14.5 Å². The lowest BCUT2D eigenvalue weighted by atomic mass is 9.93. The molecule has 1 fully saturated rings. The van der Waals surface area contributed by atoms with Crippen molar-refractivity contribution in [2.24, 2.45) is 0 Å². The number of nitrogens with zero attached hydrogens (tertiary/aromatic N) is 1. The summed E-state index contributed by atoms with van der Waals surface area (Å²) in [6, 6.07) is 28.9. The molecule has 1 aliphatic heterocycles. The van der Waals surface area contributed by atoms with Crippen molar-refractivity contribution < 1.29 is 24.2 Å². The van der Waals surface area contributed by atoms with Crippen molar-refractivity contribution in [1.29, 1.82) is 0 Å². The van der Waals surface area contributed by atoms with Crippen LogP contribution in [-0.2, 0) is 16.2 Å². The van der Waals surface area contributed by atoms with Crippen LogP contribution in [0.4, 0.5) is 5.69 Å². The number of anilines is 1. The van der Waals surface area contributed by atoms with E-state index < -0.39 is 17.7 Å². The van der Waals surface area contributed by atoms with E-state index in [0.29, 0.717) is 34.9 Å². The molecule has 4 aromatic carbocycles. The number of hydrogen-bond acceptors (Lipinski definition) is 5. The standard InChI is InChI=1S/C33H29NO5/c1-21-19-28(38-3)22(2)18-27(21)31(35)29-30(34(33(37)32(29)36)25-12-8-5-9-13-25)24-14-16-26(17-15-24)39-20-23-10-6-4-7-11-23/h4-19,30,35H,20H2,1-3H3/b31-29+. The summed E-state index contributed by atoms with van der Waals surface area (Å²) in [6.45, 7) is 4.11. The van der Waals surface area contributed by atoms with Gasteiger partial charge in [-0.15, -0.1) is 0 Å². The normalized spacial score (nSPS) is 16.4. The van der Waals surface area contributed by atoms with E-state index in [-0.39, 0.29) is 11.3 Å². The van der Waals surface area contributed by atoms with Gasteiger partial charge in [0.1, 0.15) is 23.9 Å². The fourth-order valence-corrected chi connectivity index (χ4v) is 4.90. The van der Waals surface area contributed by atoms with Crippen LogP contribution >= 0.6 is 0 Å². The molecule has 5 rings (SSSR count). The minimum atomic E-state index is -0.822. The Bertz CT molecular complexity index is 1540. The van der Waals surface area contributed by atoms with E-state index in [2.05, 4.69) is 0 Å². The Balaban J connectivity index is 1.58. The highest BCUT2D eigenvalue weighted by Gasteiger charge is 2.47. The molecule has 1 N–H and O–H groups in total. The van der Waals surface area contributed by atoms with Gasteiger partial charge in [0.2, 0.25) is 0 Å². The first kappa shape index (κ1) is 25.8. The Kier molecular flexibility index (Phi) is 7.19. The van der Waals surface area contributed by atoms with E-state index in [1.54, 1.807) is 25.3 Å². The zero-order valence-electron chi connectivity index (χ0n) is 22.0. The molecule has 1 atom stereocenters. The zero-order valence-corrected chi connectivity index (χ0v) is 22.0. The summed E-state index contributed by atoms with van der Waals surface area (Å²) >= 11 is 0. The summed E-state index contributed by atoms with van der Waals surface area (Å²) in [5, 5.41) is 11.6. The van der Waals surface area contributed by atoms with Gasteiger partial charge in [0.25, 0.3) is 11.7 Å². The number of Topliss-reactive ketones (excluding diaryl/α,β-unsaturated/α-hetero) is 1. The lowest BCUT2D eigenvalue weighted by Gasteiger charge is -2.25. The van der Waals surface area contributed by atoms with Crippen molar-refractivity contribution >= 4 is 23.1 Å². The quantitative estimate of drug-likeness (QED) is 0.171. The van der Waals surface area contributed by atoms with E-state index in [4.69, 9.17) is 9.47 Å². The van der Waals surface area contributed by atoms with E-state index in [1.165, 1.54) is 4.90 Å². The van der Waals surface area contributed by atoms with E-state index >= 15 is 0 Å². The largest absolute Gasteiger partial charge is 0.507 e. The Morgan fingerprint density at radius 2 is 1.49 bits per heavy atom. The second-order valence-corrected chi connectivity index (χ2v) is 9.48. The number of aryl methyl sites for hydroxylation is 2. The highest BCUT2D eigenvalue weighted by atomic mass is 16.5. The number of amides is 1. The molecule has 1 aliphatic rings. The number of methoxy groups -OCH3 is 1. The van der Waals surface area contributed by atoms with Gasteiger partial charge in [0.15, 0.2) is 0 Å². The van der Waals surface area contributed by atoms with Gasteiger partial charge in [-0.1, -0.05) is 60.7 Å². The number of hydrogen-bond donors (Lipinski definition) is 1. The maximum absolute atomic E-state index is 13.5. The van der Waals surface area contributed by atoms with Gasteiger partial charge < -0.3 is 14.6 Å². The van der Waals surface area contributed by atoms with Crippen LogP contribution in [-0.4, -0.2) is 23.9 Å². The number of rotatable bonds is 7. The smallest absolute Gasteiger partial charge is 0.300 e. The second kappa shape index (κ2) is 10.9. The van der Waals surface area contributed by atoms with Crippen LogP contribution in [0.3, 0.4) is 0 Å². The van der Waals surface area contributed by atoms with Gasteiger partial charge in [-0.2, -0.15) is 0 Å². The maximum Gasteiger partial charge on any atom is 0.300 e. The number of aliphatic hydroxyl groups excluding tert-OH is 1. The Labute approximate surface area is 227 Å². The molecule has 6 heteroatoms. The highest BCUT2D eigenvalue weighted by molar-refractivity contribution is 6.51. The predicted octanol–water partition coefficient (Wildman–Crippen LogP) is 6.52. The van der Waals surface area contributed by atoms with Crippen LogP contribution in [0.1, 0.15) is 33.9 Å². The average Bonchev–Trinajstić information content (AvgIpc) is 3.23. The van der Waals surface area contributed by atoms with Gasteiger partial charge in [-0.05, 0) is 72.5 Å². The third-order valence-corrected chi connectivity index (χ3v) is 6.92. The van der Waals surface area contributed by atoms with Crippen LogP contribution in [0.2, 0.25) is 0 Å². The van der Waals surface area contributed by atoms with Crippen LogP contribution in [0.15, 0.2) is 103 Å². The minimum absolute atomic E-state index is 0.0365. The summed E-state index contributed by atoms with van der Waals surface area (Å²) < 4.78 is 11.3. The Morgan fingerprint density at radius 3 is 2.13 bits per heavy atom. The summed E-state index contributed by atoms with van der Waals surface area (Å²) in [4.78, 5) is 28.3. The van der Waals surface area contributed by atoms with Gasteiger partial charge >= 0.3 is 0 Å². The maximum atomic E-state index is 13.5. The second-order valence-electron chi connectivity index (χ2n) is 9.48. The third kappa shape index (κ3) is 5.01. The molecule has 1 amide bonds. The topological polar surface area (TPSA) is 76.1 Å². The third-order valence-electron chi connectivity index (χ3n) is 6.92. The van der Waals surface area contributed by atoms with Crippen molar-refractivity contribution in [1.82, 2.24) is 0 Å². The first-order valence-corrected chi connectivity index (χ1v) is 12.7. The first-order chi connectivity index (χ1) is 18.9. The zero-order chi connectivity index (χ0) is 27.5. The van der Waals surface area contributed by atoms with Crippen molar-refractivity contribution in [2.75, 3.05) is 12.0 Å². The number of carbonyl (C=O) groups excluding carboxylic acids is 2. The molecule has 196 valence electrons. The minimum Gasteiger partial charge on any atom is -0.507 e. The fourth-order valence-electron chi connectivity index (χ4n) is 4.90. The van der Waals surface area contributed by atoms with Crippen LogP contribution in [0.25, 0.3) is 5.76 Å². The lowest BCUT2D eigenvalue weighted by molar-refractivity contribution is -0.132. The first-order valence-electron chi connectivity index (χ1n) is 12.7. The highest BCUT2D eigenvalue weighted by Crippen LogP contribution is 2.43. The number of para-hydroxylation sites is 1. The number of ether oxygens (including phenoxy) is 2. The molecule has 6 nitrogen and oxygen atoms in total. The fraction of sp³-hybridized carbons (Fsp3) is 0.152. The van der Waals surface area contributed by atoms with Gasteiger partial charge in [0, 0.05) is 11.3 Å². The lowest BCUT2D eigenvalue weighted by Crippen LogP contribution is -2.29.